The highest BCUT2D eigenvalue weighted by molar-refractivity contribution is 7.92. The SMILES string of the molecule is COc1nn(C)cc1C(=O)N[S@@]1(=O)=NC(=O)c2ccc3c(n2)N(C[C@@H]2CC[C@H]2[C@@H](OC)/C=C/C[C@H](C)C1)C[C@@]1(CCCc2cc(Cl)ccc21)CO3. The first kappa shape index (κ1) is 35.5. The van der Waals surface area contributed by atoms with Crippen LogP contribution in [0.1, 0.15) is 71.0 Å². The van der Waals surface area contributed by atoms with Crippen molar-refractivity contribution in [2.75, 3.05) is 44.6 Å². The third-order valence-corrected chi connectivity index (χ3v) is 13.0. The Hall–Kier alpha value is -3.94. The Morgan fingerprint density at radius 3 is 2.80 bits per heavy atom. The van der Waals surface area contributed by atoms with Gasteiger partial charge in [0, 0.05) is 43.9 Å². The number of methoxy groups -OCH3 is 2. The molecule has 1 spiro atoms. The summed E-state index contributed by atoms with van der Waals surface area (Å²) in [6.45, 7) is 3.72. The summed E-state index contributed by atoms with van der Waals surface area (Å²) in [5, 5.41) is 4.86. The first-order valence-electron chi connectivity index (χ1n) is 17.6. The Morgan fingerprint density at radius 2 is 2.04 bits per heavy atom. The van der Waals surface area contributed by atoms with E-state index in [9.17, 15) is 13.8 Å². The highest BCUT2D eigenvalue weighted by Crippen LogP contribution is 2.46. The number of ether oxygens (including phenoxy) is 3. The molecule has 4 aliphatic rings. The van der Waals surface area contributed by atoms with Crippen LogP contribution in [-0.4, -0.2) is 76.6 Å². The molecule has 3 aromatic rings. The van der Waals surface area contributed by atoms with Crippen molar-refractivity contribution in [3.05, 3.63) is 76.1 Å². The van der Waals surface area contributed by atoms with Crippen molar-refractivity contribution in [3.63, 3.8) is 0 Å². The number of hydrogen-bond acceptors (Lipinski definition) is 9. The van der Waals surface area contributed by atoms with Gasteiger partial charge in [0.25, 0.3) is 5.91 Å². The maximum absolute atomic E-state index is 14.5. The van der Waals surface area contributed by atoms with E-state index < -0.39 is 21.7 Å². The molecule has 2 aliphatic carbocycles. The molecule has 7 rings (SSSR count). The van der Waals surface area contributed by atoms with E-state index in [4.69, 9.17) is 30.8 Å². The van der Waals surface area contributed by atoms with Gasteiger partial charge in [0.2, 0.25) is 5.88 Å². The molecule has 272 valence electrons. The molecule has 0 saturated heterocycles. The molecule has 1 fully saturated rings. The van der Waals surface area contributed by atoms with Gasteiger partial charge in [-0.25, -0.2) is 9.19 Å². The van der Waals surface area contributed by atoms with Crippen molar-refractivity contribution < 1.29 is 28.0 Å². The van der Waals surface area contributed by atoms with Crippen molar-refractivity contribution in [1.29, 1.82) is 0 Å². The summed E-state index contributed by atoms with van der Waals surface area (Å²) in [6, 6.07) is 9.48. The number of nitrogens with zero attached hydrogens (tertiary/aromatic N) is 5. The van der Waals surface area contributed by atoms with E-state index in [1.807, 2.05) is 13.0 Å². The molecule has 0 unspecified atom stereocenters. The highest BCUT2D eigenvalue weighted by atomic mass is 35.5. The van der Waals surface area contributed by atoms with E-state index in [-0.39, 0.29) is 40.3 Å². The number of nitrogens with one attached hydrogen (secondary N) is 1. The van der Waals surface area contributed by atoms with Crippen LogP contribution in [0.4, 0.5) is 5.82 Å². The van der Waals surface area contributed by atoms with Gasteiger partial charge < -0.3 is 19.1 Å². The van der Waals surface area contributed by atoms with E-state index in [1.165, 1.54) is 29.1 Å². The molecule has 2 aliphatic heterocycles. The van der Waals surface area contributed by atoms with Crippen molar-refractivity contribution in [1.82, 2.24) is 19.5 Å². The summed E-state index contributed by atoms with van der Waals surface area (Å²) in [5.41, 5.74) is 2.27. The summed E-state index contributed by atoms with van der Waals surface area (Å²) < 4.78 is 40.6. The van der Waals surface area contributed by atoms with Crippen LogP contribution in [-0.2, 0) is 33.5 Å². The van der Waals surface area contributed by atoms with E-state index in [1.54, 1.807) is 26.3 Å². The van der Waals surface area contributed by atoms with Gasteiger partial charge >= 0.3 is 5.91 Å². The van der Waals surface area contributed by atoms with Gasteiger partial charge in [-0.15, -0.1) is 9.46 Å². The first-order valence-corrected chi connectivity index (χ1v) is 19.6. The molecule has 1 aromatic carbocycles. The number of hydrogen-bond donors (Lipinski definition) is 1. The molecular weight excluding hydrogens is 692 g/mol. The average Bonchev–Trinajstić information content (AvgIpc) is 3.40. The summed E-state index contributed by atoms with van der Waals surface area (Å²) in [5.74, 6) is 0.0963. The lowest BCUT2D eigenvalue weighted by Crippen LogP contribution is -2.49. The Bertz CT molecular complexity index is 1990. The normalized spacial score (nSPS) is 29.7. The predicted octanol–water partition coefficient (Wildman–Crippen LogP) is 5.54. The number of pyridine rings is 1. The number of carbonyl (C=O) groups excluding carboxylic acids is 2. The number of anilines is 1. The average molecular weight is 737 g/mol. The van der Waals surface area contributed by atoms with Crippen LogP contribution >= 0.6 is 11.6 Å². The monoisotopic (exact) mass is 736 g/mol. The molecule has 6 atom stereocenters. The van der Waals surface area contributed by atoms with Crippen LogP contribution in [0.15, 0.2) is 53.0 Å². The number of carbonyl (C=O) groups is 2. The third kappa shape index (κ3) is 7.12. The number of allylic oxidation sites excluding steroid dienone is 1. The topological polar surface area (TPSA) is 137 Å². The van der Waals surface area contributed by atoms with Crippen LogP contribution in [0.5, 0.6) is 11.6 Å². The number of halogens is 1. The standard InChI is InChI=1S/C37H45ClN6O6S/c1-23-7-5-9-31(48-3)27-12-10-25(27)18-44-21-37(16-6-8-24-17-26(38)11-13-29(24)37)22-50-32-15-14-30(39-33(32)44)35(46)42-51(47,20-23)41-34(45)28-19-43(2)40-36(28)49-4/h5,9,11,13-15,17,19,23,25,27,31H,6-8,10,12,16,18,20-22H2,1-4H3,(H,41,42,45,46,47)/b9-5+/t23-,25-,27+,31-,37-,51+/m0/s1. The van der Waals surface area contributed by atoms with E-state index in [0.717, 1.165) is 37.1 Å². The van der Waals surface area contributed by atoms with Gasteiger partial charge in [-0.05, 0) is 91.7 Å². The summed E-state index contributed by atoms with van der Waals surface area (Å²) in [4.78, 5) is 34.6. The van der Waals surface area contributed by atoms with Crippen LogP contribution in [0.2, 0.25) is 5.02 Å². The van der Waals surface area contributed by atoms with Crippen LogP contribution in [0.3, 0.4) is 0 Å². The Morgan fingerprint density at radius 1 is 1.20 bits per heavy atom. The van der Waals surface area contributed by atoms with Gasteiger partial charge in [-0.2, -0.15) is 0 Å². The summed E-state index contributed by atoms with van der Waals surface area (Å²) in [6.07, 6.45) is 11.1. The molecule has 2 amide bonds. The lowest BCUT2D eigenvalue weighted by atomic mass is 9.68. The fraction of sp³-hybridized carbons (Fsp3) is 0.514. The van der Waals surface area contributed by atoms with E-state index >= 15 is 0 Å². The smallest absolute Gasteiger partial charge is 0.305 e. The summed E-state index contributed by atoms with van der Waals surface area (Å²) >= 11 is 6.44. The minimum Gasteiger partial charge on any atom is -0.489 e. The number of rotatable bonds is 4. The third-order valence-electron chi connectivity index (χ3n) is 10.8. The molecule has 12 nitrogen and oxygen atoms in total. The fourth-order valence-electron chi connectivity index (χ4n) is 8.19. The maximum atomic E-state index is 14.5. The molecule has 2 aromatic heterocycles. The highest BCUT2D eigenvalue weighted by Gasteiger charge is 2.45. The number of fused-ring (bicyclic) bond motifs is 4. The minimum absolute atomic E-state index is 0.0228. The van der Waals surface area contributed by atoms with E-state index in [2.05, 4.69) is 43.4 Å². The Labute approximate surface area is 304 Å². The van der Waals surface area contributed by atoms with Crippen molar-refractivity contribution >= 4 is 39.1 Å². The zero-order valence-corrected chi connectivity index (χ0v) is 31.0. The Kier molecular flexibility index (Phi) is 9.90. The largest absolute Gasteiger partial charge is 0.489 e. The van der Waals surface area contributed by atoms with Gasteiger partial charge in [-0.1, -0.05) is 36.7 Å². The van der Waals surface area contributed by atoms with Crippen molar-refractivity contribution in [3.8, 4) is 11.6 Å². The zero-order chi connectivity index (χ0) is 35.9. The summed E-state index contributed by atoms with van der Waals surface area (Å²) in [7, 11) is 1.15. The quantitative estimate of drug-likeness (QED) is 0.343. The second-order valence-electron chi connectivity index (χ2n) is 14.5. The van der Waals surface area contributed by atoms with Gasteiger partial charge in [0.05, 0.1) is 25.6 Å². The molecule has 4 heterocycles. The maximum Gasteiger partial charge on any atom is 0.305 e. The first-order chi connectivity index (χ1) is 24.5. The number of amides is 2. The molecule has 51 heavy (non-hydrogen) atoms. The van der Waals surface area contributed by atoms with Crippen molar-refractivity contribution in [2.45, 2.75) is 57.0 Å². The molecule has 1 saturated carbocycles. The molecule has 2 bridgehead atoms. The lowest BCUT2D eigenvalue weighted by molar-refractivity contribution is 0.0131. The van der Waals surface area contributed by atoms with E-state index in [0.29, 0.717) is 49.5 Å². The van der Waals surface area contributed by atoms with Gasteiger partial charge in [0.1, 0.15) is 21.2 Å². The number of aromatic nitrogens is 3. The molecule has 14 heteroatoms. The predicted molar refractivity (Wildman–Crippen MR) is 195 cm³/mol. The van der Waals surface area contributed by atoms with Crippen LogP contribution in [0.25, 0.3) is 0 Å². The van der Waals surface area contributed by atoms with Crippen LogP contribution < -0.4 is 19.1 Å². The molecule has 1 N–H and O–H groups in total. The van der Waals surface area contributed by atoms with Crippen molar-refractivity contribution in [2.24, 2.45) is 29.2 Å². The number of benzene rings is 1. The second-order valence-corrected chi connectivity index (χ2v) is 16.9. The van der Waals surface area contributed by atoms with Gasteiger partial charge in [-0.3, -0.25) is 19.0 Å². The molecular formula is C37H45ClN6O6S. The zero-order valence-electron chi connectivity index (χ0n) is 29.5. The minimum atomic E-state index is -3.63. The number of aryl methyl sites for hydroxylation is 2. The van der Waals surface area contributed by atoms with Crippen LogP contribution in [0, 0.1) is 17.8 Å². The molecule has 0 radical (unpaired) electrons. The van der Waals surface area contributed by atoms with Gasteiger partial charge in [0.15, 0.2) is 11.6 Å². The second kappa shape index (κ2) is 14.2. The fourth-order valence-corrected chi connectivity index (χ4v) is 10.3. The Balaban J connectivity index is 1.31. The lowest BCUT2D eigenvalue weighted by Gasteiger charge is -2.45.